The quantitative estimate of drug-likeness (QED) is 0.751. The van der Waals surface area contributed by atoms with E-state index in [0.717, 1.165) is 0 Å². The number of amides is 1. The third-order valence-electron chi connectivity index (χ3n) is 3.42. The molecule has 3 aromatic rings. The number of pyridine rings is 1. The van der Waals surface area contributed by atoms with Crippen LogP contribution in [0.15, 0.2) is 53.5 Å². The molecule has 0 fully saturated rings. The Morgan fingerprint density at radius 3 is 2.72 bits per heavy atom. The fraction of sp³-hybridized carbons (Fsp3) is 0.0588. The first kappa shape index (κ1) is 16.7. The number of rotatable bonds is 3. The van der Waals surface area contributed by atoms with Crippen molar-refractivity contribution >= 4 is 23.3 Å². The zero-order valence-electron chi connectivity index (χ0n) is 13.1. The van der Waals surface area contributed by atoms with Gasteiger partial charge in [-0.25, -0.2) is 9.67 Å². The molecule has 1 aromatic carbocycles. The lowest BCUT2D eigenvalue weighted by Crippen LogP contribution is -2.27. The van der Waals surface area contributed by atoms with Crippen LogP contribution in [0.2, 0.25) is 5.02 Å². The minimum Gasteiger partial charge on any atom is -0.504 e. The average Bonchev–Trinajstić information content (AvgIpc) is 2.58. The number of aryl methyl sites for hydroxylation is 1. The van der Waals surface area contributed by atoms with Crippen molar-refractivity contribution in [2.24, 2.45) is 0 Å². The number of anilines is 1. The van der Waals surface area contributed by atoms with Crippen molar-refractivity contribution in [2.75, 3.05) is 5.32 Å². The molecule has 2 N–H and O–H groups in total. The summed E-state index contributed by atoms with van der Waals surface area (Å²) in [6.45, 7) is 1.68. The van der Waals surface area contributed by atoms with E-state index in [1.807, 2.05) is 0 Å². The number of para-hydroxylation sites is 1. The fourth-order valence-electron chi connectivity index (χ4n) is 2.23. The average molecular weight is 357 g/mol. The van der Waals surface area contributed by atoms with Gasteiger partial charge in [0.2, 0.25) is 5.43 Å². The van der Waals surface area contributed by atoms with Gasteiger partial charge in [-0.1, -0.05) is 23.7 Å². The van der Waals surface area contributed by atoms with E-state index in [-0.39, 0.29) is 17.3 Å². The van der Waals surface area contributed by atoms with Crippen LogP contribution in [0.4, 0.5) is 5.82 Å². The van der Waals surface area contributed by atoms with Crippen molar-refractivity contribution in [2.45, 2.75) is 6.92 Å². The van der Waals surface area contributed by atoms with Gasteiger partial charge in [0, 0.05) is 18.0 Å². The molecule has 0 saturated heterocycles. The lowest BCUT2D eigenvalue weighted by Gasteiger charge is -2.12. The van der Waals surface area contributed by atoms with Gasteiger partial charge in [0.25, 0.3) is 5.91 Å². The number of carbonyl (C=O) groups excluding carboxylic acids is 1. The topological polar surface area (TPSA) is 97.1 Å². The molecule has 7 nitrogen and oxygen atoms in total. The number of hydrogen-bond donors (Lipinski definition) is 2. The molecule has 0 aliphatic rings. The smallest absolute Gasteiger partial charge is 0.281 e. The Morgan fingerprint density at radius 2 is 2.00 bits per heavy atom. The summed E-state index contributed by atoms with van der Waals surface area (Å²) in [6, 6.07) is 11.1. The van der Waals surface area contributed by atoms with Crippen LogP contribution in [0.25, 0.3) is 5.69 Å². The van der Waals surface area contributed by atoms with Crippen LogP contribution in [0.5, 0.6) is 5.75 Å². The summed E-state index contributed by atoms with van der Waals surface area (Å²) in [6.07, 6.45) is 1.40. The predicted molar refractivity (Wildman–Crippen MR) is 93.4 cm³/mol. The summed E-state index contributed by atoms with van der Waals surface area (Å²) in [5, 5.41) is 16.6. The van der Waals surface area contributed by atoms with Gasteiger partial charge in [0.1, 0.15) is 0 Å². The second kappa shape index (κ2) is 6.74. The van der Waals surface area contributed by atoms with E-state index in [0.29, 0.717) is 16.4 Å². The Balaban J connectivity index is 2.04. The second-order valence-electron chi connectivity index (χ2n) is 5.19. The number of hydrogen-bond acceptors (Lipinski definition) is 5. The largest absolute Gasteiger partial charge is 0.504 e. The zero-order valence-corrected chi connectivity index (χ0v) is 13.9. The molecule has 25 heavy (non-hydrogen) atoms. The second-order valence-corrected chi connectivity index (χ2v) is 5.59. The van der Waals surface area contributed by atoms with Gasteiger partial charge in [-0.3, -0.25) is 9.59 Å². The van der Waals surface area contributed by atoms with Gasteiger partial charge < -0.3 is 10.4 Å². The Hall–Kier alpha value is -3.19. The minimum absolute atomic E-state index is 0.0569. The molecule has 2 heterocycles. The maximum absolute atomic E-state index is 12.4. The summed E-state index contributed by atoms with van der Waals surface area (Å²) >= 11 is 6.17. The number of nitrogens with zero attached hydrogens (tertiary/aromatic N) is 3. The fourth-order valence-corrected chi connectivity index (χ4v) is 2.45. The van der Waals surface area contributed by atoms with Crippen molar-refractivity contribution < 1.29 is 9.90 Å². The minimum atomic E-state index is -0.778. The molecule has 0 spiro atoms. The number of benzene rings is 1. The van der Waals surface area contributed by atoms with Gasteiger partial charge in [0.15, 0.2) is 17.3 Å². The molecule has 2 aromatic heterocycles. The third kappa shape index (κ3) is 3.36. The number of carbonyl (C=O) groups is 1. The van der Waals surface area contributed by atoms with E-state index in [1.165, 1.54) is 29.1 Å². The Morgan fingerprint density at radius 1 is 1.24 bits per heavy atom. The first-order valence-electron chi connectivity index (χ1n) is 7.28. The molecule has 3 rings (SSSR count). The van der Waals surface area contributed by atoms with Crippen LogP contribution < -0.4 is 10.7 Å². The Bertz CT molecular complexity index is 1020. The van der Waals surface area contributed by atoms with E-state index >= 15 is 0 Å². The van der Waals surface area contributed by atoms with E-state index in [1.54, 1.807) is 31.2 Å². The van der Waals surface area contributed by atoms with Crippen molar-refractivity contribution in [3.8, 4) is 11.4 Å². The lowest BCUT2D eigenvalue weighted by atomic mass is 10.2. The van der Waals surface area contributed by atoms with Crippen molar-refractivity contribution in [3.05, 3.63) is 75.3 Å². The third-order valence-corrected chi connectivity index (χ3v) is 3.74. The summed E-state index contributed by atoms with van der Waals surface area (Å²) in [4.78, 5) is 28.4. The van der Waals surface area contributed by atoms with Crippen molar-refractivity contribution in [3.63, 3.8) is 0 Å². The SMILES string of the molecule is Cc1cc(=O)c(C(=O)Nc2ncccc2O)nn1-c1ccccc1Cl. The summed E-state index contributed by atoms with van der Waals surface area (Å²) in [7, 11) is 0. The molecule has 0 radical (unpaired) electrons. The Labute approximate surface area is 147 Å². The highest BCUT2D eigenvalue weighted by Crippen LogP contribution is 2.21. The molecule has 0 bridgehead atoms. The van der Waals surface area contributed by atoms with Crippen LogP contribution in [-0.4, -0.2) is 25.8 Å². The highest BCUT2D eigenvalue weighted by atomic mass is 35.5. The predicted octanol–water partition coefficient (Wildman–Crippen LogP) is 2.55. The van der Waals surface area contributed by atoms with Gasteiger partial charge >= 0.3 is 0 Å². The highest BCUT2D eigenvalue weighted by Gasteiger charge is 2.18. The molecular formula is C17H13ClN4O3. The molecule has 1 amide bonds. The van der Waals surface area contributed by atoms with E-state index in [9.17, 15) is 14.7 Å². The molecule has 0 saturated carbocycles. The number of halogens is 1. The summed E-state index contributed by atoms with van der Waals surface area (Å²) in [5.74, 6) is -1.05. The van der Waals surface area contributed by atoms with Crippen LogP contribution in [0.1, 0.15) is 16.2 Å². The van der Waals surface area contributed by atoms with Gasteiger partial charge in [0.05, 0.1) is 10.7 Å². The van der Waals surface area contributed by atoms with Gasteiger partial charge in [-0.05, 0) is 31.2 Å². The maximum atomic E-state index is 12.4. The highest BCUT2D eigenvalue weighted by molar-refractivity contribution is 6.32. The molecule has 0 aliphatic carbocycles. The van der Waals surface area contributed by atoms with Crippen molar-refractivity contribution in [1.82, 2.24) is 14.8 Å². The lowest BCUT2D eigenvalue weighted by molar-refractivity contribution is 0.101. The van der Waals surface area contributed by atoms with Crippen LogP contribution >= 0.6 is 11.6 Å². The molecule has 0 aliphatic heterocycles. The van der Waals surface area contributed by atoms with Crippen LogP contribution in [0.3, 0.4) is 0 Å². The first-order valence-corrected chi connectivity index (χ1v) is 7.66. The van der Waals surface area contributed by atoms with Crippen LogP contribution in [-0.2, 0) is 0 Å². The van der Waals surface area contributed by atoms with E-state index in [2.05, 4.69) is 15.4 Å². The summed E-state index contributed by atoms with van der Waals surface area (Å²) in [5.41, 5.74) is 0.177. The number of nitrogens with one attached hydrogen (secondary N) is 1. The Kier molecular flexibility index (Phi) is 4.49. The van der Waals surface area contributed by atoms with Crippen LogP contribution in [0, 0.1) is 6.92 Å². The van der Waals surface area contributed by atoms with E-state index in [4.69, 9.17) is 11.6 Å². The molecule has 0 atom stereocenters. The van der Waals surface area contributed by atoms with Gasteiger partial charge in [-0.2, -0.15) is 5.10 Å². The molecular weight excluding hydrogens is 344 g/mol. The van der Waals surface area contributed by atoms with E-state index < -0.39 is 11.3 Å². The van der Waals surface area contributed by atoms with Gasteiger partial charge in [-0.15, -0.1) is 0 Å². The normalized spacial score (nSPS) is 10.5. The molecule has 8 heteroatoms. The summed E-state index contributed by atoms with van der Waals surface area (Å²) < 4.78 is 1.41. The maximum Gasteiger partial charge on any atom is 0.281 e. The molecule has 0 unspecified atom stereocenters. The monoisotopic (exact) mass is 356 g/mol. The molecule has 126 valence electrons. The number of aromatic nitrogens is 3. The number of aromatic hydroxyl groups is 1. The zero-order chi connectivity index (χ0) is 18.0. The van der Waals surface area contributed by atoms with Crippen molar-refractivity contribution in [1.29, 1.82) is 0 Å². The first-order chi connectivity index (χ1) is 12.0. The standard InChI is InChI=1S/C17H13ClN4O3/c1-10-9-14(24)15(17(25)20-16-13(23)7-4-8-19-16)21-22(10)12-6-3-2-5-11(12)18/h2-9,23H,1H3,(H,19,20,25).